The maximum atomic E-state index is 12.3. The van der Waals surface area contributed by atoms with Gasteiger partial charge in [0.1, 0.15) is 0 Å². The summed E-state index contributed by atoms with van der Waals surface area (Å²) < 4.78 is 73.5. The number of alkyl halides is 3. The molecule has 1 aromatic rings. The zero-order valence-electron chi connectivity index (χ0n) is 7.52. The van der Waals surface area contributed by atoms with Crippen LogP contribution in [0.5, 0.6) is 0 Å². The molecule has 0 N–H and O–H groups in total. The van der Waals surface area contributed by atoms with Crippen LogP contribution in [0.4, 0.5) is 26.1 Å². The van der Waals surface area contributed by atoms with Crippen LogP contribution >= 0.6 is 0 Å². The molecule has 86 valence electrons. The van der Waals surface area contributed by atoms with Gasteiger partial charge in [0.15, 0.2) is 0 Å². The van der Waals surface area contributed by atoms with E-state index in [0.29, 0.717) is 12.1 Å². The Kier molecular flexibility index (Phi) is 2.90. The number of hydrogen-bond acceptors (Lipinski definition) is 1. The first-order valence-corrected chi connectivity index (χ1v) is 3.97. The van der Waals surface area contributed by atoms with Gasteiger partial charge < -0.3 is 12.9 Å². The number of nitrogens with zero attached hydrogens (tertiary/aromatic N) is 1. The van der Waals surface area contributed by atoms with E-state index in [1.165, 1.54) is 6.07 Å². The number of hydrogen-bond donors (Lipinski definition) is 0. The molecule has 0 bridgehead atoms. The van der Waals surface area contributed by atoms with E-state index in [1.54, 1.807) is 0 Å². The van der Waals surface area contributed by atoms with Crippen molar-refractivity contribution in [3.05, 3.63) is 29.3 Å². The van der Waals surface area contributed by atoms with Crippen molar-refractivity contribution in [3.63, 3.8) is 0 Å². The van der Waals surface area contributed by atoms with Crippen LogP contribution in [0.3, 0.4) is 0 Å². The van der Waals surface area contributed by atoms with Crippen molar-refractivity contribution in [2.24, 2.45) is 0 Å². The second-order valence-corrected chi connectivity index (χ2v) is 2.99. The van der Waals surface area contributed by atoms with Gasteiger partial charge >= 0.3 is 13.2 Å². The van der Waals surface area contributed by atoms with Crippen LogP contribution in [0.2, 0.25) is 0 Å². The molecule has 16 heavy (non-hydrogen) atoms. The quantitative estimate of drug-likeness (QED) is 0.544. The Balaban J connectivity index is 3.41. The Morgan fingerprint density at radius 1 is 1.12 bits per heavy atom. The van der Waals surface area contributed by atoms with Crippen LogP contribution in [0, 0.1) is 11.3 Å². The molecule has 0 aliphatic rings. The third kappa shape index (κ3) is 2.48. The number of benzene rings is 1. The lowest BCUT2D eigenvalue weighted by Crippen LogP contribution is -2.35. The van der Waals surface area contributed by atoms with E-state index in [4.69, 9.17) is 5.26 Å². The second-order valence-electron chi connectivity index (χ2n) is 2.99. The van der Waals surface area contributed by atoms with E-state index >= 15 is 0 Å². The van der Waals surface area contributed by atoms with Crippen molar-refractivity contribution < 1.29 is 26.1 Å². The van der Waals surface area contributed by atoms with Gasteiger partial charge in [-0.2, -0.15) is 18.4 Å². The highest BCUT2D eigenvalue weighted by molar-refractivity contribution is 6.73. The summed E-state index contributed by atoms with van der Waals surface area (Å²) in [6.07, 6.45) is -4.97. The molecule has 0 radical (unpaired) electrons. The van der Waals surface area contributed by atoms with Crippen LogP contribution in [0.25, 0.3) is 0 Å². The Bertz CT molecular complexity index is 441. The van der Waals surface area contributed by atoms with Gasteiger partial charge in [0.25, 0.3) is 0 Å². The third-order valence-electron chi connectivity index (χ3n) is 1.85. The number of rotatable bonds is 1. The summed E-state index contributed by atoms with van der Waals surface area (Å²) in [5.74, 6) is 0. The lowest BCUT2D eigenvalue weighted by Gasteiger charge is -2.17. The molecule has 1 rings (SSSR count). The lowest BCUT2D eigenvalue weighted by molar-refractivity contribution is -0.137. The van der Waals surface area contributed by atoms with Gasteiger partial charge in [-0.1, -0.05) is 12.1 Å². The Hall–Kier alpha value is -1.65. The van der Waals surface area contributed by atoms with E-state index in [2.05, 4.69) is 0 Å². The molecule has 0 spiro atoms. The van der Waals surface area contributed by atoms with Crippen molar-refractivity contribution in [2.45, 2.75) is 6.18 Å². The van der Waals surface area contributed by atoms with E-state index in [0.717, 1.165) is 0 Å². The normalized spacial score (nSPS) is 12.3. The first kappa shape index (κ1) is 12.4. The van der Waals surface area contributed by atoms with Crippen LogP contribution < -0.4 is 5.46 Å². The molecule has 0 unspecified atom stereocenters. The van der Waals surface area contributed by atoms with Gasteiger partial charge in [0.05, 0.1) is 17.2 Å². The van der Waals surface area contributed by atoms with Crippen LogP contribution in [-0.4, -0.2) is 6.98 Å². The van der Waals surface area contributed by atoms with E-state index in [1.807, 2.05) is 0 Å². The average molecular weight is 238 g/mol. The molecular weight excluding hydrogens is 235 g/mol. The first-order valence-electron chi connectivity index (χ1n) is 3.97. The van der Waals surface area contributed by atoms with Crippen molar-refractivity contribution in [1.82, 2.24) is 0 Å². The first-order chi connectivity index (χ1) is 7.16. The van der Waals surface area contributed by atoms with Crippen molar-refractivity contribution in [3.8, 4) is 6.07 Å². The summed E-state index contributed by atoms with van der Waals surface area (Å²) >= 11 is 0. The highest BCUT2D eigenvalue weighted by Crippen LogP contribution is 2.31. The third-order valence-corrected chi connectivity index (χ3v) is 1.85. The predicted molar refractivity (Wildman–Crippen MR) is 44.9 cm³/mol. The lowest BCUT2D eigenvalue weighted by atomic mass is 9.78. The van der Waals surface area contributed by atoms with Gasteiger partial charge in [-0.15, -0.1) is 5.46 Å². The molecule has 0 atom stereocenters. The zero-order valence-corrected chi connectivity index (χ0v) is 7.52. The summed E-state index contributed by atoms with van der Waals surface area (Å²) in [7, 11) is 0. The summed E-state index contributed by atoms with van der Waals surface area (Å²) in [4.78, 5) is 0. The molecule has 1 nitrogen and oxygen atoms in total. The minimum atomic E-state index is -5.51. The van der Waals surface area contributed by atoms with Gasteiger partial charge in [-0.3, -0.25) is 0 Å². The summed E-state index contributed by atoms with van der Waals surface area (Å²) in [5.41, 5.74) is -3.76. The largest absolute Gasteiger partial charge is 0.509 e. The van der Waals surface area contributed by atoms with Gasteiger partial charge in [-0.25, -0.2) is 0 Å². The Labute approximate surface area is 86.4 Å². The minimum Gasteiger partial charge on any atom is -0.445 e. The number of nitriles is 1. The molecule has 0 fully saturated rings. The molecule has 0 aliphatic carbocycles. The summed E-state index contributed by atoms with van der Waals surface area (Å²) in [5, 5.41) is 8.35. The molecule has 0 aromatic heterocycles. The molecular formula is C8H3BF6N-. The second kappa shape index (κ2) is 3.74. The zero-order chi connectivity index (χ0) is 12.6. The fraction of sp³-hybridized carbons (Fsp3) is 0.125. The molecule has 0 amide bonds. The van der Waals surface area contributed by atoms with E-state index in [-0.39, 0.29) is 6.07 Å². The highest BCUT2D eigenvalue weighted by atomic mass is 19.4. The maximum Gasteiger partial charge on any atom is 0.509 e. The van der Waals surface area contributed by atoms with Crippen LogP contribution in [-0.2, 0) is 6.18 Å². The molecule has 0 heterocycles. The average Bonchev–Trinajstić information content (AvgIpc) is 2.14. The Morgan fingerprint density at radius 3 is 2.06 bits per heavy atom. The van der Waals surface area contributed by atoms with Crippen molar-refractivity contribution in [1.29, 1.82) is 5.26 Å². The topological polar surface area (TPSA) is 23.8 Å². The summed E-state index contributed by atoms with van der Waals surface area (Å²) in [6, 6.07) is 2.14. The molecule has 0 aliphatic heterocycles. The van der Waals surface area contributed by atoms with Gasteiger partial charge in [0, 0.05) is 0 Å². The number of halogens is 6. The van der Waals surface area contributed by atoms with E-state index < -0.39 is 29.7 Å². The fourth-order valence-electron chi connectivity index (χ4n) is 1.10. The van der Waals surface area contributed by atoms with Crippen molar-refractivity contribution in [2.75, 3.05) is 0 Å². The van der Waals surface area contributed by atoms with E-state index in [9.17, 15) is 26.1 Å². The molecule has 0 saturated carbocycles. The van der Waals surface area contributed by atoms with Crippen LogP contribution in [0.1, 0.15) is 11.1 Å². The van der Waals surface area contributed by atoms with Gasteiger partial charge in [0.2, 0.25) is 0 Å². The SMILES string of the molecule is N#Cc1ccc([B-](F)(F)F)cc1C(F)(F)F. The monoisotopic (exact) mass is 238 g/mol. The van der Waals surface area contributed by atoms with Crippen LogP contribution in [0.15, 0.2) is 18.2 Å². The van der Waals surface area contributed by atoms with Crippen molar-refractivity contribution >= 4 is 12.4 Å². The smallest absolute Gasteiger partial charge is 0.445 e. The van der Waals surface area contributed by atoms with Gasteiger partial charge in [-0.05, 0) is 6.07 Å². The fourth-order valence-corrected chi connectivity index (χ4v) is 1.10. The molecule has 1 aromatic carbocycles. The standard InChI is InChI=1S/C8H3BF6N/c10-8(11,12)7-3-6(9(13,14)15)2-1-5(7)4-16/h1-3H/q-1. The predicted octanol–water partition coefficient (Wildman–Crippen LogP) is 2.63. The maximum absolute atomic E-state index is 12.3. The summed E-state index contributed by atoms with van der Waals surface area (Å²) in [6.45, 7) is -5.51. The molecule has 0 saturated heterocycles. The molecule has 8 heteroatoms. The Morgan fingerprint density at radius 2 is 1.69 bits per heavy atom. The minimum absolute atomic E-state index is 0.0431. The highest BCUT2D eigenvalue weighted by Gasteiger charge is 2.36.